The molecule has 1 aromatic heterocycles. The van der Waals surface area contributed by atoms with Crippen molar-refractivity contribution in [2.45, 2.75) is 45.2 Å². The summed E-state index contributed by atoms with van der Waals surface area (Å²) in [6.07, 6.45) is 5.83. The third kappa shape index (κ3) is 4.15. The molecule has 3 heterocycles. The second-order valence-electron chi connectivity index (χ2n) is 6.62. The van der Waals surface area contributed by atoms with Crippen molar-refractivity contribution in [1.82, 2.24) is 9.80 Å². The zero-order valence-corrected chi connectivity index (χ0v) is 14.1. The van der Waals surface area contributed by atoms with Gasteiger partial charge in [0.15, 0.2) is 0 Å². The number of amides is 1. The summed E-state index contributed by atoms with van der Waals surface area (Å²) < 4.78 is 11.0. The summed E-state index contributed by atoms with van der Waals surface area (Å²) in [6.45, 7) is 7.13. The van der Waals surface area contributed by atoms with Crippen molar-refractivity contribution in [2.75, 3.05) is 32.8 Å². The van der Waals surface area contributed by atoms with Crippen LogP contribution in [0.1, 0.15) is 38.4 Å². The van der Waals surface area contributed by atoms with Gasteiger partial charge in [-0.2, -0.15) is 0 Å². The van der Waals surface area contributed by atoms with Gasteiger partial charge >= 0.3 is 0 Å². The molecule has 3 rings (SSSR count). The van der Waals surface area contributed by atoms with Gasteiger partial charge in [0.1, 0.15) is 5.76 Å². The van der Waals surface area contributed by atoms with Gasteiger partial charge in [-0.05, 0) is 57.8 Å². The Bertz CT molecular complexity index is 480. The number of rotatable bonds is 6. The van der Waals surface area contributed by atoms with E-state index in [4.69, 9.17) is 9.15 Å². The fraction of sp³-hybridized carbons (Fsp3) is 0.722. The fourth-order valence-corrected chi connectivity index (χ4v) is 3.75. The Morgan fingerprint density at radius 1 is 1.30 bits per heavy atom. The quantitative estimate of drug-likeness (QED) is 0.808. The minimum Gasteiger partial charge on any atom is -0.468 e. The lowest BCUT2D eigenvalue weighted by Crippen LogP contribution is -2.45. The molecule has 1 unspecified atom stereocenters. The maximum absolute atomic E-state index is 12.8. The number of ether oxygens (including phenoxy) is 1. The molecular weight excluding hydrogens is 292 g/mol. The van der Waals surface area contributed by atoms with Crippen LogP contribution < -0.4 is 0 Å². The molecular formula is C18H28N2O3. The maximum atomic E-state index is 12.8. The summed E-state index contributed by atoms with van der Waals surface area (Å²) in [5.41, 5.74) is 0. The zero-order valence-electron chi connectivity index (χ0n) is 14.1. The zero-order chi connectivity index (χ0) is 16.1. The molecule has 0 bridgehead atoms. The Balaban J connectivity index is 1.47. The van der Waals surface area contributed by atoms with E-state index in [1.807, 2.05) is 19.1 Å². The van der Waals surface area contributed by atoms with Crippen molar-refractivity contribution >= 4 is 5.91 Å². The monoisotopic (exact) mass is 320 g/mol. The van der Waals surface area contributed by atoms with Crippen LogP contribution in [0.25, 0.3) is 0 Å². The highest BCUT2D eigenvalue weighted by atomic mass is 16.5. The molecule has 5 nitrogen and oxygen atoms in total. The first-order valence-corrected chi connectivity index (χ1v) is 8.91. The molecule has 1 aromatic rings. The van der Waals surface area contributed by atoms with E-state index in [1.165, 1.54) is 0 Å². The predicted molar refractivity (Wildman–Crippen MR) is 87.9 cm³/mol. The molecule has 0 aromatic carbocycles. The third-order valence-corrected chi connectivity index (χ3v) is 5.07. The van der Waals surface area contributed by atoms with E-state index in [0.29, 0.717) is 18.6 Å². The molecule has 1 atom stereocenters. The Morgan fingerprint density at radius 3 is 2.83 bits per heavy atom. The first-order valence-electron chi connectivity index (χ1n) is 8.91. The number of hydrogen-bond acceptors (Lipinski definition) is 4. The largest absolute Gasteiger partial charge is 0.468 e. The smallest absolute Gasteiger partial charge is 0.226 e. The fourth-order valence-electron chi connectivity index (χ4n) is 3.75. The second-order valence-corrected chi connectivity index (χ2v) is 6.62. The molecule has 23 heavy (non-hydrogen) atoms. The summed E-state index contributed by atoms with van der Waals surface area (Å²) >= 11 is 0. The van der Waals surface area contributed by atoms with Gasteiger partial charge in [0.2, 0.25) is 5.91 Å². The molecule has 2 aliphatic rings. The average Bonchev–Trinajstić information content (AvgIpc) is 3.24. The minimum atomic E-state index is 0.185. The molecule has 0 spiro atoms. The highest BCUT2D eigenvalue weighted by Gasteiger charge is 2.34. The standard InChI is InChI=1S/C18H28N2O3/c1-2-22-14-16-5-3-9-20(16)18(21)15-7-10-19(11-8-15)13-17-6-4-12-23-17/h4,6,12,15-16H,2-3,5,7-11,13-14H2,1H3. The minimum absolute atomic E-state index is 0.185. The van der Waals surface area contributed by atoms with E-state index < -0.39 is 0 Å². The van der Waals surface area contributed by atoms with Crippen LogP contribution in [-0.2, 0) is 16.1 Å². The van der Waals surface area contributed by atoms with Crippen molar-refractivity contribution in [2.24, 2.45) is 5.92 Å². The molecule has 0 saturated carbocycles. The van der Waals surface area contributed by atoms with E-state index in [0.717, 1.165) is 64.2 Å². The van der Waals surface area contributed by atoms with E-state index in [-0.39, 0.29) is 5.92 Å². The molecule has 5 heteroatoms. The normalized spacial score (nSPS) is 23.5. The Hall–Kier alpha value is -1.33. The van der Waals surface area contributed by atoms with E-state index in [1.54, 1.807) is 6.26 Å². The molecule has 0 N–H and O–H groups in total. The predicted octanol–water partition coefficient (Wildman–Crippen LogP) is 2.52. The van der Waals surface area contributed by atoms with Crippen LogP contribution >= 0.6 is 0 Å². The van der Waals surface area contributed by atoms with Crippen LogP contribution in [0, 0.1) is 5.92 Å². The van der Waals surface area contributed by atoms with Gasteiger partial charge in [-0.1, -0.05) is 0 Å². The van der Waals surface area contributed by atoms with Crippen molar-refractivity contribution in [3.8, 4) is 0 Å². The van der Waals surface area contributed by atoms with Crippen LogP contribution in [0.3, 0.4) is 0 Å². The number of nitrogens with zero attached hydrogens (tertiary/aromatic N) is 2. The van der Waals surface area contributed by atoms with Crippen LogP contribution in [0.2, 0.25) is 0 Å². The van der Waals surface area contributed by atoms with Gasteiger partial charge in [0.25, 0.3) is 0 Å². The molecule has 128 valence electrons. The van der Waals surface area contributed by atoms with Crippen molar-refractivity contribution in [1.29, 1.82) is 0 Å². The average molecular weight is 320 g/mol. The lowest BCUT2D eigenvalue weighted by Gasteiger charge is -2.34. The van der Waals surface area contributed by atoms with Gasteiger partial charge < -0.3 is 14.1 Å². The molecule has 2 aliphatic heterocycles. The van der Waals surface area contributed by atoms with Gasteiger partial charge in [-0.3, -0.25) is 9.69 Å². The van der Waals surface area contributed by atoms with E-state index >= 15 is 0 Å². The van der Waals surface area contributed by atoms with Crippen molar-refractivity contribution in [3.63, 3.8) is 0 Å². The summed E-state index contributed by atoms with van der Waals surface area (Å²) in [5, 5.41) is 0. The van der Waals surface area contributed by atoms with E-state index in [9.17, 15) is 4.79 Å². The topological polar surface area (TPSA) is 45.9 Å². The molecule has 2 saturated heterocycles. The van der Waals surface area contributed by atoms with Gasteiger partial charge in [-0.15, -0.1) is 0 Å². The lowest BCUT2D eigenvalue weighted by atomic mass is 9.95. The SMILES string of the molecule is CCOCC1CCCN1C(=O)C1CCN(Cc2ccco2)CC1. The Kier molecular flexibility index (Phi) is 5.73. The number of carbonyl (C=O) groups is 1. The second kappa shape index (κ2) is 7.97. The molecule has 2 fully saturated rings. The van der Waals surface area contributed by atoms with Crippen molar-refractivity contribution in [3.05, 3.63) is 24.2 Å². The van der Waals surface area contributed by atoms with Gasteiger partial charge in [0.05, 0.1) is 25.5 Å². The summed E-state index contributed by atoms with van der Waals surface area (Å²) in [7, 11) is 0. The third-order valence-electron chi connectivity index (χ3n) is 5.07. The molecule has 0 radical (unpaired) electrons. The summed E-state index contributed by atoms with van der Waals surface area (Å²) in [4.78, 5) is 17.3. The lowest BCUT2D eigenvalue weighted by molar-refractivity contribution is -0.139. The highest BCUT2D eigenvalue weighted by Crippen LogP contribution is 2.26. The summed E-state index contributed by atoms with van der Waals surface area (Å²) in [6, 6.07) is 4.24. The van der Waals surface area contributed by atoms with Gasteiger partial charge in [0, 0.05) is 19.1 Å². The molecule has 1 amide bonds. The maximum Gasteiger partial charge on any atom is 0.226 e. The van der Waals surface area contributed by atoms with Crippen LogP contribution in [0.5, 0.6) is 0 Å². The number of hydrogen-bond donors (Lipinski definition) is 0. The van der Waals surface area contributed by atoms with Crippen molar-refractivity contribution < 1.29 is 13.9 Å². The number of piperidine rings is 1. The van der Waals surface area contributed by atoms with Crippen LogP contribution in [0.15, 0.2) is 22.8 Å². The van der Waals surface area contributed by atoms with E-state index in [2.05, 4.69) is 9.80 Å². The number of carbonyl (C=O) groups excluding carboxylic acids is 1. The van der Waals surface area contributed by atoms with Crippen LogP contribution in [-0.4, -0.2) is 54.6 Å². The Labute approximate surface area is 138 Å². The van der Waals surface area contributed by atoms with Crippen LogP contribution in [0.4, 0.5) is 0 Å². The number of likely N-dealkylation sites (tertiary alicyclic amines) is 2. The molecule has 0 aliphatic carbocycles. The Morgan fingerprint density at radius 2 is 2.13 bits per heavy atom. The highest BCUT2D eigenvalue weighted by molar-refractivity contribution is 5.79. The first-order chi connectivity index (χ1) is 11.3. The first kappa shape index (κ1) is 16.5. The number of furan rings is 1. The van der Waals surface area contributed by atoms with Gasteiger partial charge in [-0.25, -0.2) is 0 Å². The summed E-state index contributed by atoms with van der Waals surface area (Å²) in [5.74, 6) is 1.54.